The Morgan fingerprint density at radius 3 is 2.38 bits per heavy atom. The number of amides is 1. The number of benzene rings is 1. The summed E-state index contributed by atoms with van der Waals surface area (Å²) in [5.74, 6) is 0.0512. The maximum absolute atomic E-state index is 10.4. The summed E-state index contributed by atoms with van der Waals surface area (Å²) in [5.41, 5.74) is 1.28. The molecule has 1 saturated heterocycles. The minimum atomic E-state index is -0.312. The summed E-state index contributed by atoms with van der Waals surface area (Å²) in [6, 6.07) is 8.06. The first-order valence-corrected chi connectivity index (χ1v) is 5.73. The van der Waals surface area contributed by atoms with E-state index in [2.05, 4.69) is 24.9 Å². The van der Waals surface area contributed by atoms with E-state index in [0.29, 0.717) is 19.4 Å². The van der Waals surface area contributed by atoms with Crippen LogP contribution in [0.25, 0.3) is 0 Å². The fourth-order valence-corrected chi connectivity index (χ4v) is 1.41. The third kappa shape index (κ3) is 5.19. The summed E-state index contributed by atoms with van der Waals surface area (Å²) in [6.45, 7) is 2.49. The third-order valence-corrected chi connectivity index (χ3v) is 2.57. The second-order valence-electron chi connectivity index (χ2n) is 3.83. The second-order valence-corrected chi connectivity index (χ2v) is 4.35. The molecule has 1 heterocycles. The predicted octanol–water partition coefficient (Wildman–Crippen LogP) is 1.54. The molecule has 1 aromatic rings. The first-order valence-electron chi connectivity index (χ1n) is 5.28. The SMILES string of the molecule is Cc1ccc(S)cc1.O=C1CCC(O)CN1. The Balaban J connectivity index is 0.000000160. The number of nitrogens with one attached hydrogen (secondary N) is 1. The number of carbonyl (C=O) groups excluding carboxylic acids is 1. The predicted molar refractivity (Wildman–Crippen MR) is 66.7 cm³/mol. The molecule has 0 aliphatic carbocycles. The zero-order valence-corrected chi connectivity index (χ0v) is 10.2. The van der Waals surface area contributed by atoms with Crippen LogP contribution in [0.4, 0.5) is 0 Å². The van der Waals surface area contributed by atoms with Crippen molar-refractivity contribution in [3.63, 3.8) is 0 Å². The summed E-state index contributed by atoms with van der Waals surface area (Å²) in [6.07, 6.45) is 0.778. The Kier molecular flexibility index (Phi) is 5.35. The lowest BCUT2D eigenvalue weighted by atomic mass is 10.1. The normalized spacial score (nSPS) is 19.4. The van der Waals surface area contributed by atoms with Crippen molar-refractivity contribution in [3.05, 3.63) is 29.8 Å². The van der Waals surface area contributed by atoms with Gasteiger partial charge in [-0.05, 0) is 25.5 Å². The molecule has 1 amide bonds. The van der Waals surface area contributed by atoms with Gasteiger partial charge in [-0.1, -0.05) is 17.7 Å². The summed E-state index contributed by atoms with van der Waals surface area (Å²) in [7, 11) is 0. The number of aryl methyl sites for hydroxylation is 1. The van der Waals surface area contributed by atoms with Crippen molar-refractivity contribution >= 4 is 18.5 Å². The van der Waals surface area contributed by atoms with Gasteiger partial charge in [0.2, 0.25) is 5.91 Å². The molecule has 0 bridgehead atoms. The molecule has 3 nitrogen and oxygen atoms in total. The van der Waals surface area contributed by atoms with Gasteiger partial charge in [-0.25, -0.2) is 0 Å². The van der Waals surface area contributed by atoms with Crippen LogP contribution in [-0.4, -0.2) is 23.7 Å². The molecule has 4 heteroatoms. The molecule has 0 saturated carbocycles. The first-order chi connectivity index (χ1) is 7.58. The van der Waals surface area contributed by atoms with Crippen molar-refractivity contribution in [1.29, 1.82) is 0 Å². The number of aliphatic hydroxyl groups excluding tert-OH is 1. The summed E-state index contributed by atoms with van der Waals surface area (Å²) >= 11 is 4.13. The van der Waals surface area contributed by atoms with Crippen molar-refractivity contribution < 1.29 is 9.90 Å². The molecule has 0 radical (unpaired) electrons. The Morgan fingerprint density at radius 2 is 2.00 bits per heavy atom. The fourth-order valence-electron chi connectivity index (χ4n) is 1.26. The molecule has 1 atom stereocenters. The molecule has 1 aliphatic rings. The van der Waals surface area contributed by atoms with E-state index in [-0.39, 0.29) is 12.0 Å². The smallest absolute Gasteiger partial charge is 0.220 e. The van der Waals surface area contributed by atoms with Gasteiger partial charge in [-0.15, -0.1) is 12.6 Å². The maximum Gasteiger partial charge on any atom is 0.220 e. The standard InChI is InChI=1S/C7H8S.C5H9NO2/c1-6-2-4-7(8)5-3-6;7-4-1-2-5(8)6-3-4/h2-5,8H,1H3;4,7H,1-3H2,(H,6,8). The maximum atomic E-state index is 10.4. The molecule has 1 fully saturated rings. The number of carbonyl (C=O) groups is 1. The zero-order chi connectivity index (χ0) is 12.0. The summed E-state index contributed by atoms with van der Waals surface area (Å²) in [4.78, 5) is 11.4. The van der Waals surface area contributed by atoms with E-state index in [4.69, 9.17) is 5.11 Å². The largest absolute Gasteiger partial charge is 0.391 e. The van der Waals surface area contributed by atoms with Crippen molar-refractivity contribution in [2.45, 2.75) is 30.8 Å². The number of hydrogen-bond acceptors (Lipinski definition) is 3. The molecule has 0 spiro atoms. The minimum absolute atomic E-state index is 0.0512. The number of piperidine rings is 1. The van der Waals surface area contributed by atoms with Crippen LogP contribution in [0.1, 0.15) is 18.4 Å². The van der Waals surface area contributed by atoms with Crippen LogP contribution >= 0.6 is 12.6 Å². The number of hydrogen-bond donors (Lipinski definition) is 3. The Labute approximate surface area is 101 Å². The quantitative estimate of drug-likeness (QED) is 0.602. The van der Waals surface area contributed by atoms with E-state index in [1.807, 2.05) is 24.3 Å². The number of β-amino-alcohol motifs (C(OH)–C–C–N with tert-alkyl or cyclic N) is 1. The third-order valence-electron chi connectivity index (χ3n) is 2.27. The van der Waals surface area contributed by atoms with E-state index < -0.39 is 0 Å². The Bertz CT molecular complexity index is 306. The molecule has 2 N–H and O–H groups in total. The minimum Gasteiger partial charge on any atom is -0.391 e. The zero-order valence-electron chi connectivity index (χ0n) is 9.31. The van der Waals surface area contributed by atoms with Gasteiger partial charge in [0.15, 0.2) is 0 Å². The van der Waals surface area contributed by atoms with Gasteiger partial charge in [-0.3, -0.25) is 4.79 Å². The van der Waals surface area contributed by atoms with Gasteiger partial charge < -0.3 is 10.4 Å². The molecule has 0 aromatic heterocycles. The van der Waals surface area contributed by atoms with Gasteiger partial charge in [0.25, 0.3) is 0 Å². The first kappa shape index (κ1) is 13.1. The summed E-state index contributed by atoms with van der Waals surface area (Å²) in [5, 5.41) is 11.4. The van der Waals surface area contributed by atoms with Gasteiger partial charge in [0.05, 0.1) is 6.10 Å². The van der Waals surface area contributed by atoms with E-state index in [9.17, 15) is 4.79 Å². The molecular formula is C12H17NO2S. The van der Waals surface area contributed by atoms with E-state index in [1.165, 1.54) is 5.56 Å². The number of rotatable bonds is 0. The molecule has 2 rings (SSSR count). The van der Waals surface area contributed by atoms with Crippen LogP contribution in [0.3, 0.4) is 0 Å². The highest BCUT2D eigenvalue weighted by atomic mass is 32.1. The summed E-state index contributed by atoms with van der Waals surface area (Å²) < 4.78 is 0. The van der Waals surface area contributed by atoms with Gasteiger partial charge in [0.1, 0.15) is 0 Å². The van der Waals surface area contributed by atoms with Crippen LogP contribution in [0.2, 0.25) is 0 Å². The van der Waals surface area contributed by atoms with Crippen LogP contribution < -0.4 is 5.32 Å². The number of thiol groups is 1. The topological polar surface area (TPSA) is 49.3 Å². The molecular weight excluding hydrogens is 222 g/mol. The van der Waals surface area contributed by atoms with Crippen molar-refractivity contribution in [2.75, 3.05) is 6.54 Å². The van der Waals surface area contributed by atoms with Crippen LogP contribution in [0.5, 0.6) is 0 Å². The second kappa shape index (κ2) is 6.55. The molecule has 16 heavy (non-hydrogen) atoms. The highest BCUT2D eigenvalue weighted by Crippen LogP contribution is 2.05. The average molecular weight is 239 g/mol. The average Bonchev–Trinajstić information content (AvgIpc) is 2.28. The van der Waals surface area contributed by atoms with Crippen molar-refractivity contribution in [2.24, 2.45) is 0 Å². The molecule has 1 aliphatic heterocycles. The van der Waals surface area contributed by atoms with Crippen molar-refractivity contribution in [1.82, 2.24) is 5.32 Å². The van der Waals surface area contributed by atoms with Gasteiger partial charge in [0, 0.05) is 17.9 Å². The Morgan fingerprint density at radius 1 is 1.38 bits per heavy atom. The van der Waals surface area contributed by atoms with E-state index in [0.717, 1.165) is 4.90 Å². The van der Waals surface area contributed by atoms with Gasteiger partial charge >= 0.3 is 0 Å². The number of aliphatic hydroxyl groups is 1. The molecule has 88 valence electrons. The molecule has 1 unspecified atom stereocenters. The highest BCUT2D eigenvalue weighted by molar-refractivity contribution is 7.80. The highest BCUT2D eigenvalue weighted by Gasteiger charge is 2.13. The monoisotopic (exact) mass is 239 g/mol. The van der Waals surface area contributed by atoms with E-state index in [1.54, 1.807) is 0 Å². The van der Waals surface area contributed by atoms with Crippen LogP contribution in [0, 0.1) is 6.92 Å². The van der Waals surface area contributed by atoms with E-state index >= 15 is 0 Å². The van der Waals surface area contributed by atoms with Crippen molar-refractivity contribution in [3.8, 4) is 0 Å². The van der Waals surface area contributed by atoms with Crippen LogP contribution in [-0.2, 0) is 4.79 Å². The molecule has 1 aromatic carbocycles. The lowest BCUT2D eigenvalue weighted by Gasteiger charge is -2.16. The van der Waals surface area contributed by atoms with Crippen LogP contribution in [0.15, 0.2) is 29.2 Å². The van der Waals surface area contributed by atoms with Gasteiger partial charge in [-0.2, -0.15) is 0 Å². The lowest BCUT2D eigenvalue weighted by Crippen LogP contribution is -2.37. The fraction of sp³-hybridized carbons (Fsp3) is 0.417. The Hall–Kier alpha value is -1.00. The lowest BCUT2D eigenvalue weighted by molar-refractivity contribution is -0.123.